The van der Waals surface area contributed by atoms with Crippen LogP contribution in [0.4, 0.5) is 4.39 Å². The van der Waals surface area contributed by atoms with E-state index in [1.165, 1.54) is 6.07 Å². The molecule has 2 rings (SSSR count). The van der Waals surface area contributed by atoms with Crippen molar-refractivity contribution < 1.29 is 4.39 Å². The number of halogens is 2. The number of hydrogen-bond donors (Lipinski definition) is 1. The van der Waals surface area contributed by atoms with E-state index < -0.39 is 0 Å². The van der Waals surface area contributed by atoms with Gasteiger partial charge in [0, 0.05) is 29.7 Å². The van der Waals surface area contributed by atoms with Gasteiger partial charge in [-0.15, -0.1) is 0 Å². The molecule has 1 aromatic rings. The maximum absolute atomic E-state index is 13.5. The summed E-state index contributed by atoms with van der Waals surface area (Å²) >= 11 is 5.86. The molecule has 16 heavy (non-hydrogen) atoms. The van der Waals surface area contributed by atoms with Crippen molar-refractivity contribution in [2.45, 2.75) is 19.0 Å². The van der Waals surface area contributed by atoms with Gasteiger partial charge in [0.2, 0.25) is 0 Å². The lowest BCUT2D eigenvalue weighted by Crippen LogP contribution is -2.33. The number of nitrogens with one attached hydrogen (secondary N) is 1. The summed E-state index contributed by atoms with van der Waals surface area (Å²) in [6.07, 6.45) is 1.12. The average Bonchev–Trinajstić information content (AvgIpc) is 2.76. The Bertz CT molecular complexity index is 364. The fourth-order valence-corrected chi connectivity index (χ4v) is 2.27. The zero-order valence-electron chi connectivity index (χ0n) is 9.34. The minimum absolute atomic E-state index is 0.179. The summed E-state index contributed by atoms with van der Waals surface area (Å²) in [6.45, 7) is 2.64. The Balaban J connectivity index is 2.04. The number of likely N-dealkylation sites (N-methyl/N-ethyl adjacent to an activating group) is 1. The van der Waals surface area contributed by atoms with Crippen LogP contribution in [0.1, 0.15) is 12.0 Å². The van der Waals surface area contributed by atoms with Crippen molar-refractivity contribution in [3.05, 3.63) is 34.6 Å². The third-order valence-electron chi connectivity index (χ3n) is 3.09. The van der Waals surface area contributed by atoms with Gasteiger partial charge in [-0.05, 0) is 38.2 Å². The summed E-state index contributed by atoms with van der Waals surface area (Å²) in [5.74, 6) is -0.179. The van der Waals surface area contributed by atoms with E-state index in [1.54, 1.807) is 12.1 Å². The van der Waals surface area contributed by atoms with Gasteiger partial charge >= 0.3 is 0 Å². The molecule has 1 aliphatic rings. The average molecular weight is 243 g/mol. The van der Waals surface area contributed by atoms with Crippen molar-refractivity contribution in [2.75, 3.05) is 20.1 Å². The Morgan fingerprint density at radius 3 is 3.06 bits per heavy atom. The van der Waals surface area contributed by atoms with Crippen molar-refractivity contribution in [1.29, 1.82) is 0 Å². The number of benzene rings is 1. The van der Waals surface area contributed by atoms with Gasteiger partial charge in [-0.25, -0.2) is 4.39 Å². The smallest absolute Gasteiger partial charge is 0.127 e. The van der Waals surface area contributed by atoms with E-state index in [2.05, 4.69) is 10.2 Å². The minimum Gasteiger partial charge on any atom is -0.315 e. The number of nitrogens with zero attached hydrogens (tertiary/aromatic N) is 1. The van der Waals surface area contributed by atoms with Gasteiger partial charge in [-0.3, -0.25) is 4.90 Å². The third-order valence-corrected chi connectivity index (χ3v) is 3.32. The molecule has 0 radical (unpaired) electrons. The lowest BCUT2D eigenvalue weighted by molar-refractivity contribution is 0.245. The second kappa shape index (κ2) is 5.13. The molecule has 1 fully saturated rings. The van der Waals surface area contributed by atoms with E-state index in [4.69, 9.17) is 11.6 Å². The second-order valence-electron chi connectivity index (χ2n) is 4.30. The molecule has 1 atom stereocenters. The molecule has 1 aliphatic heterocycles. The Morgan fingerprint density at radius 1 is 1.56 bits per heavy atom. The van der Waals surface area contributed by atoms with Crippen LogP contribution in [0.5, 0.6) is 0 Å². The topological polar surface area (TPSA) is 15.3 Å². The van der Waals surface area contributed by atoms with Crippen molar-refractivity contribution >= 4 is 11.6 Å². The van der Waals surface area contributed by atoms with Crippen molar-refractivity contribution in [3.63, 3.8) is 0 Å². The van der Waals surface area contributed by atoms with Gasteiger partial charge in [-0.2, -0.15) is 0 Å². The number of rotatable bonds is 3. The molecule has 0 bridgehead atoms. The van der Waals surface area contributed by atoms with Gasteiger partial charge in [0.25, 0.3) is 0 Å². The van der Waals surface area contributed by atoms with Crippen LogP contribution in [-0.2, 0) is 6.54 Å². The Hall–Kier alpha value is -0.640. The van der Waals surface area contributed by atoms with Gasteiger partial charge < -0.3 is 5.32 Å². The Kier molecular flexibility index (Phi) is 3.79. The van der Waals surface area contributed by atoms with Crippen molar-refractivity contribution in [2.24, 2.45) is 0 Å². The molecule has 0 amide bonds. The van der Waals surface area contributed by atoms with Crippen LogP contribution < -0.4 is 5.32 Å². The van der Waals surface area contributed by atoms with Gasteiger partial charge in [0.05, 0.1) is 0 Å². The summed E-state index contributed by atoms with van der Waals surface area (Å²) in [5.41, 5.74) is 0.668. The molecule has 1 N–H and O–H groups in total. The second-order valence-corrected chi connectivity index (χ2v) is 4.73. The molecule has 0 aromatic heterocycles. The Labute approximate surface area is 100 Å². The summed E-state index contributed by atoms with van der Waals surface area (Å²) < 4.78 is 13.5. The standard InChI is InChI=1S/C12H16ClFN2/c1-16(11-4-5-15-7-11)8-9-6-10(13)2-3-12(9)14/h2-3,6,11,15H,4-5,7-8H2,1H3. The molecule has 2 nitrogen and oxygen atoms in total. The molecule has 4 heteroatoms. The molecule has 1 aromatic carbocycles. The monoisotopic (exact) mass is 242 g/mol. The molecule has 0 spiro atoms. The van der Waals surface area contributed by atoms with Gasteiger partial charge in [0.1, 0.15) is 5.82 Å². The highest BCUT2D eigenvalue weighted by atomic mass is 35.5. The van der Waals surface area contributed by atoms with Crippen LogP contribution in [0.15, 0.2) is 18.2 Å². The van der Waals surface area contributed by atoms with E-state index in [1.807, 2.05) is 7.05 Å². The van der Waals surface area contributed by atoms with Crippen molar-refractivity contribution in [1.82, 2.24) is 10.2 Å². The van der Waals surface area contributed by atoms with Crippen LogP contribution in [0.3, 0.4) is 0 Å². The maximum Gasteiger partial charge on any atom is 0.127 e. The van der Waals surface area contributed by atoms with Crippen LogP contribution in [0.25, 0.3) is 0 Å². The normalized spacial score (nSPS) is 20.6. The van der Waals surface area contributed by atoms with Gasteiger partial charge in [0.15, 0.2) is 0 Å². The van der Waals surface area contributed by atoms with Crippen molar-refractivity contribution in [3.8, 4) is 0 Å². The van der Waals surface area contributed by atoms with E-state index in [-0.39, 0.29) is 5.82 Å². The highest BCUT2D eigenvalue weighted by Gasteiger charge is 2.19. The molecule has 1 saturated heterocycles. The molecular formula is C12H16ClFN2. The van der Waals surface area contributed by atoms with Gasteiger partial charge in [-0.1, -0.05) is 11.6 Å². The minimum atomic E-state index is -0.179. The van der Waals surface area contributed by atoms with Crippen LogP contribution >= 0.6 is 11.6 Å². The highest BCUT2D eigenvalue weighted by Crippen LogP contribution is 2.18. The summed E-state index contributed by atoms with van der Waals surface area (Å²) in [5, 5.41) is 3.90. The van der Waals surface area contributed by atoms with Crippen LogP contribution in [0.2, 0.25) is 5.02 Å². The van der Waals surface area contributed by atoms with Crippen LogP contribution in [0, 0.1) is 5.82 Å². The predicted octanol–water partition coefficient (Wildman–Crippen LogP) is 2.27. The molecule has 88 valence electrons. The third kappa shape index (κ3) is 2.73. The van der Waals surface area contributed by atoms with E-state index in [0.717, 1.165) is 19.5 Å². The van der Waals surface area contributed by atoms with E-state index in [0.29, 0.717) is 23.2 Å². The largest absolute Gasteiger partial charge is 0.315 e. The SMILES string of the molecule is CN(Cc1cc(Cl)ccc1F)C1CCNC1. The Morgan fingerprint density at radius 2 is 2.38 bits per heavy atom. The molecule has 1 heterocycles. The zero-order chi connectivity index (χ0) is 11.5. The van der Waals surface area contributed by atoms with E-state index in [9.17, 15) is 4.39 Å². The first-order valence-corrected chi connectivity index (χ1v) is 5.89. The number of hydrogen-bond acceptors (Lipinski definition) is 2. The summed E-state index contributed by atoms with van der Waals surface area (Å²) in [7, 11) is 2.03. The summed E-state index contributed by atoms with van der Waals surface area (Å²) in [6, 6.07) is 5.21. The van der Waals surface area contributed by atoms with E-state index >= 15 is 0 Å². The lowest BCUT2D eigenvalue weighted by Gasteiger charge is -2.23. The zero-order valence-corrected chi connectivity index (χ0v) is 10.1. The molecule has 0 saturated carbocycles. The fraction of sp³-hybridized carbons (Fsp3) is 0.500. The molecule has 0 aliphatic carbocycles. The summed E-state index contributed by atoms with van der Waals surface area (Å²) in [4.78, 5) is 2.18. The first-order valence-electron chi connectivity index (χ1n) is 5.51. The molecular weight excluding hydrogens is 227 g/mol. The predicted molar refractivity (Wildman–Crippen MR) is 64.2 cm³/mol. The maximum atomic E-state index is 13.5. The first kappa shape index (κ1) is 11.8. The first-order chi connectivity index (χ1) is 7.66. The van der Waals surface area contributed by atoms with Crippen LogP contribution in [-0.4, -0.2) is 31.1 Å². The lowest BCUT2D eigenvalue weighted by atomic mass is 10.1. The quantitative estimate of drug-likeness (QED) is 0.875. The highest BCUT2D eigenvalue weighted by molar-refractivity contribution is 6.30. The molecule has 1 unspecified atom stereocenters. The fourth-order valence-electron chi connectivity index (χ4n) is 2.08.